The van der Waals surface area contributed by atoms with Gasteiger partial charge in [-0.15, -0.1) is 0 Å². The molecule has 26 heavy (non-hydrogen) atoms. The third-order valence-electron chi connectivity index (χ3n) is 4.30. The molecule has 1 saturated carbocycles. The van der Waals surface area contributed by atoms with Gasteiger partial charge in [-0.3, -0.25) is 19.3 Å². The van der Waals surface area contributed by atoms with E-state index in [0.29, 0.717) is 22.7 Å². The first-order chi connectivity index (χ1) is 12.4. The van der Waals surface area contributed by atoms with E-state index in [1.165, 1.54) is 22.9 Å². The number of halogens is 1. The molecule has 5 nitrogen and oxygen atoms in total. The molecule has 2 aromatic rings. The highest BCUT2D eigenvalue weighted by Gasteiger charge is 2.39. The number of aromatic nitrogens is 3. The van der Waals surface area contributed by atoms with Gasteiger partial charge in [-0.2, -0.15) is 5.10 Å². The summed E-state index contributed by atoms with van der Waals surface area (Å²) in [5, 5.41) is 4.43. The normalized spacial score (nSPS) is 19.4. The molecule has 1 fully saturated rings. The van der Waals surface area contributed by atoms with Gasteiger partial charge in [0.2, 0.25) is 0 Å². The third kappa shape index (κ3) is 3.18. The quantitative estimate of drug-likeness (QED) is 0.481. The summed E-state index contributed by atoms with van der Waals surface area (Å²) in [6.07, 6.45) is 6.15. The lowest BCUT2D eigenvalue weighted by Gasteiger charge is -2.09. The summed E-state index contributed by atoms with van der Waals surface area (Å²) in [5.41, 5.74) is 3.00. The topological polar surface area (TPSA) is 64.8 Å². The second-order valence-corrected chi connectivity index (χ2v) is 6.04. The van der Waals surface area contributed by atoms with Gasteiger partial charge in [0.25, 0.3) is 0 Å². The standard InChI is InChI=1S/C20H18FN3O2/c1-4-13(5-2)17-8-12(3)24(23-17)19-18(25)10-14(20(19)26)9-16-7-6-15(21)11-22-16/h4-9,11,19H,1,10H2,2-3H3/b13-5+,14-9-. The Labute approximate surface area is 150 Å². The van der Waals surface area contributed by atoms with Crippen molar-refractivity contribution in [1.82, 2.24) is 14.8 Å². The summed E-state index contributed by atoms with van der Waals surface area (Å²) >= 11 is 0. The summed E-state index contributed by atoms with van der Waals surface area (Å²) in [6.45, 7) is 7.42. The molecular formula is C20H18FN3O2. The van der Waals surface area contributed by atoms with E-state index in [4.69, 9.17) is 0 Å². The number of Topliss-reactive ketones (excluding diaryl/α,β-unsaturated/α-hetero) is 2. The molecule has 0 amide bonds. The van der Waals surface area contributed by atoms with E-state index in [0.717, 1.165) is 11.8 Å². The Morgan fingerprint density at radius 2 is 2.15 bits per heavy atom. The van der Waals surface area contributed by atoms with Gasteiger partial charge in [0.15, 0.2) is 17.6 Å². The first-order valence-electron chi connectivity index (χ1n) is 8.19. The first-order valence-corrected chi connectivity index (χ1v) is 8.19. The van der Waals surface area contributed by atoms with Gasteiger partial charge in [0.05, 0.1) is 17.6 Å². The predicted molar refractivity (Wildman–Crippen MR) is 96.7 cm³/mol. The van der Waals surface area contributed by atoms with Crippen molar-refractivity contribution in [2.75, 3.05) is 0 Å². The monoisotopic (exact) mass is 351 g/mol. The molecule has 1 aliphatic carbocycles. The number of carbonyl (C=O) groups is 2. The fraction of sp³-hybridized carbons (Fsp3) is 0.200. The number of rotatable bonds is 4. The molecule has 1 aliphatic rings. The highest BCUT2D eigenvalue weighted by atomic mass is 19.1. The summed E-state index contributed by atoms with van der Waals surface area (Å²) < 4.78 is 14.4. The van der Waals surface area contributed by atoms with Crippen molar-refractivity contribution in [1.29, 1.82) is 0 Å². The number of hydrogen-bond donors (Lipinski definition) is 0. The highest BCUT2D eigenvalue weighted by Crippen LogP contribution is 2.30. The summed E-state index contributed by atoms with van der Waals surface area (Å²) in [7, 11) is 0. The zero-order valence-electron chi connectivity index (χ0n) is 14.6. The second-order valence-electron chi connectivity index (χ2n) is 6.04. The van der Waals surface area contributed by atoms with Crippen LogP contribution in [0.4, 0.5) is 4.39 Å². The summed E-state index contributed by atoms with van der Waals surface area (Å²) in [5.74, 6) is -0.984. The van der Waals surface area contributed by atoms with Crippen molar-refractivity contribution in [3.8, 4) is 0 Å². The fourth-order valence-electron chi connectivity index (χ4n) is 2.97. The lowest BCUT2D eigenvalue weighted by atomic mass is 10.1. The van der Waals surface area contributed by atoms with Crippen molar-refractivity contribution in [3.63, 3.8) is 0 Å². The molecule has 2 aromatic heterocycles. The molecule has 6 heteroatoms. The second kappa shape index (κ2) is 7.00. The van der Waals surface area contributed by atoms with E-state index in [2.05, 4.69) is 16.7 Å². The van der Waals surface area contributed by atoms with E-state index < -0.39 is 11.9 Å². The van der Waals surface area contributed by atoms with Crippen LogP contribution >= 0.6 is 0 Å². The summed E-state index contributed by atoms with van der Waals surface area (Å²) in [4.78, 5) is 29.2. The van der Waals surface area contributed by atoms with Crippen molar-refractivity contribution in [3.05, 3.63) is 71.6 Å². The lowest BCUT2D eigenvalue weighted by Crippen LogP contribution is -2.22. The minimum Gasteiger partial charge on any atom is -0.296 e. The van der Waals surface area contributed by atoms with Crippen LogP contribution in [0, 0.1) is 12.7 Å². The van der Waals surface area contributed by atoms with Gasteiger partial charge < -0.3 is 0 Å². The Balaban J connectivity index is 1.95. The number of nitrogens with zero attached hydrogens (tertiary/aromatic N) is 3. The zero-order valence-corrected chi connectivity index (χ0v) is 14.6. The molecule has 1 unspecified atom stereocenters. The molecular weight excluding hydrogens is 333 g/mol. The fourth-order valence-corrected chi connectivity index (χ4v) is 2.97. The number of pyridine rings is 1. The molecule has 0 aliphatic heterocycles. The number of carbonyl (C=O) groups excluding carboxylic acids is 2. The number of hydrogen-bond acceptors (Lipinski definition) is 4. The van der Waals surface area contributed by atoms with E-state index in [-0.39, 0.29) is 18.0 Å². The number of aryl methyl sites for hydroxylation is 1. The third-order valence-corrected chi connectivity index (χ3v) is 4.30. The van der Waals surface area contributed by atoms with Gasteiger partial charge in [-0.1, -0.05) is 18.7 Å². The molecule has 132 valence electrons. The van der Waals surface area contributed by atoms with Crippen LogP contribution in [0.15, 0.2) is 48.7 Å². The minimum atomic E-state index is -0.974. The SMILES string of the molecule is C=C/C(=C\C)c1cc(C)n(C2C(=O)C/C(=C/c3ccc(F)cn3)C2=O)n1. The first kappa shape index (κ1) is 17.7. The molecule has 1 atom stereocenters. The van der Waals surface area contributed by atoms with Crippen molar-refractivity contribution < 1.29 is 14.0 Å². The van der Waals surface area contributed by atoms with Crippen LogP contribution in [0.5, 0.6) is 0 Å². The Bertz CT molecular complexity index is 952. The van der Waals surface area contributed by atoms with E-state index in [1.807, 2.05) is 19.1 Å². The molecule has 0 N–H and O–H groups in total. The number of ketones is 2. The summed E-state index contributed by atoms with van der Waals surface area (Å²) in [6, 6.07) is 3.57. The molecule has 3 rings (SSSR count). The van der Waals surface area contributed by atoms with Gasteiger partial charge >= 0.3 is 0 Å². The van der Waals surface area contributed by atoms with Gasteiger partial charge in [0.1, 0.15) is 5.82 Å². The van der Waals surface area contributed by atoms with E-state index in [9.17, 15) is 14.0 Å². The average molecular weight is 351 g/mol. The average Bonchev–Trinajstić information content (AvgIpc) is 3.11. The molecule has 0 bridgehead atoms. The van der Waals surface area contributed by atoms with Crippen molar-refractivity contribution in [2.24, 2.45) is 0 Å². The molecule has 0 radical (unpaired) electrons. The van der Waals surface area contributed by atoms with Crippen LogP contribution < -0.4 is 0 Å². The molecule has 0 aromatic carbocycles. The maximum absolute atomic E-state index is 13.0. The minimum absolute atomic E-state index is 0.00905. The Morgan fingerprint density at radius 1 is 1.38 bits per heavy atom. The van der Waals surface area contributed by atoms with Gasteiger partial charge in [-0.05, 0) is 43.7 Å². The molecule has 0 spiro atoms. The Morgan fingerprint density at radius 3 is 2.77 bits per heavy atom. The lowest BCUT2D eigenvalue weighted by molar-refractivity contribution is -0.126. The van der Waals surface area contributed by atoms with Crippen LogP contribution in [0.25, 0.3) is 11.6 Å². The molecule has 0 saturated heterocycles. The highest BCUT2D eigenvalue weighted by molar-refractivity contribution is 6.22. The zero-order chi connectivity index (χ0) is 18.8. The smallest absolute Gasteiger partial charge is 0.191 e. The van der Waals surface area contributed by atoms with E-state index >= 15 is 0 Å². The molecule has 2 heterocycles. The number of allylic oxidation sites excluding steroid dienone is 4. The largest absolute Gasteiger partial charge is 0.296 e. The maximum Gasteiger partial charge on any atom is 0.191 e. The van der Waals surface area contributed by atoms with Gasteiger partial charge in [-0.25, -0.2) is 4.39 Å². The van der Waals surface area contributed by atoms with Crippen molar-refractivity contribution in [2.45, 2.75) is 26.3 Å². The van der Waals surface area contributed by atoms with Crippen LogP contribution in [-0.2, 0) is 9.59 Å². The van der Waals surface area contributed by atoms with Crippen LogP contribution in [-0.4, -0.2) is 26.3 Å². The van der Waals surface area contributed by atoms with Crippen molar-refractivity contribution >= 4 is 23.2 Å². The van der Waals surface area contributed by atoms with Crippen LogP contribution in [0.2, 0.25) is 0 Å². The van der Waals surface area contributed by atoms with Crippen LogP contribution in [0.3, 0.4) is 0 Å². The predicted octanol–water partition coefficient (Wildman–Crippen LogP) is 3.48. The van der Waals surface area contributed by atoms with Crippen LogP contribution in [0.1, 0.15) is 36.5 Å². The Hall–Kier alpha value is -3.15. The maximum atomic E-state index is 13.0. The van der Waals surface area contributed by atoms with Gasteiger partial charge in [0, 0.05) is 17.7 Å². The van der Waals surface area contributed by atoms with E-state index in [1.54, 1.807) is 13.0 Å². The Kier molecular flexibility index (Phi) is 4.75.